The van der Waals surface area contributed by atoms with Crippen molar-refractivity contribution in [1.29, 1.82) is 0 Å². The maximum Gasteiger partial charge on any atom is 0.193 e. The zero-order valence-corrected chi connectivity index (χ0v) is 17.2. The highest BCUT2D eigenvalue weighted by Gasteiger charge is 2.15. The number of imidazole rings is 1. The first-order chi connectivity index (χ1) is 11.9. The third-order valence-electron chi connectivity index (χ3n) is 4.33. The summed E-state index contributed by atoms with van der Waals surface area (Å²) in [5.41, 5.74) is 1.30. The Morgan fingerprint density at radius 3 is 2.68 bits per heavy atom. The predicted molar refractivity (Wildman–Crippen MR) is 114 cm³/mol. The van der Waals surface area contributed by atoms with Crippen LogP contribution in [-0.2, 0) is 13.0 Å². The van der Waals surface area contributed by atoms with Crippen LogP contribution in [0.1, 0.15) is 31.2 Å². The summed E-state index contributed by atoms with van der Waals surface area (Å²) in [7, 11) is 0. The van der Waals surface area contributed by atoms with Crippen LogP contribution >= 0.6 is 24.0 Å². The van der Waals surface area contributed by atoms with E-state index in [0.717, 1.165) is 50.9 Å². The fourth-order valence-corrected chi connectivity index (χ4v) is 3.11. The number of aliphatic imine (C=N–C) groups is 1. The van der Waals surface area contributed by atoms with Gasteiger partial charge in [-0.15, -0.1) is 24.0 Å². The molecular weight excluding hydrogens is 425 g/mol. The molecule has 0 unspecified atom stereocenters. The van der Waals surface area contributed by atoms with Crippen molar-refractivity contribution in [2.75, 3.05) is 26.2 Å². The normalized spacial score (nSPS) is 14.4. The smallest absolute Gasteiger partial charge is 0.193 e. The fraction of sp³-hybridized carbons (Fsp3) is 0.474. The number of guanidine groups is 1. The van der Waals surface area contributed by atoms with Crippen LogP contribution in [0.2, 0.25) is 0 Å². The highest BCUT2D eigenvalue weighted by atomic mass is 127. The van der Waals surface area contributed by atoms with E-state index in [2.05, 4.69) is 57.2 Å². The van der Waals surface area contributed by atoms with Crippen LogP contribution in [0.25, 0.3) is 0 Å². The summed E-state index contributed by atoms with van der Waals surface area (Å²) in [6.07, 6.45) is 7.34. The number of nitrogens with one attached hydrogen (secondary N) is 1. The van der Waals surface area contributed by atoms with Crippen LogP contribution in [0.3, 0.4) is 0 Å². The molecule has 3 rings (SSSR count). The van der Waals surface area contributed by atoms with Crippen molar-refractivity contribution < 1.29 is 0 Å². The molecule has 6 heteroatoms. The van der Waals surface area contributed by atoms with Gasteiger partial charge in [0.2, 0.25) is 0 Å². The van der Waals surface area contributed by atoms with Gasteiger partial charge < -0.3 is 14.8 Å². The maximum absolute atomic E-state index is 4.80. The molecule has 0 radical (unpaired) electrons. The molecule has 25 heavy (non-hydrogen) atoms. The van der Waals surface area contributed by atoms with Gasteiger partial charge in [0.1, 0.15) is 5.82 Å². The van der Waals surface area contributed by atoms with Gasteiger partial charge in [-0.05, 0) is 25.3 Å². The molecule has 2 aromatic rings. The molecule has 136 valence electrons. The molecule has 0 amide bonds. The molecule has 1 aromatic carbocycles. The van der Waals surface area contributed by atoms with Crippen LogP contribution in [0.15, 0.2) is 47.7 Å². The molecule has 1 N–H and O–H groups in total. The van der Waals surface area contributed by atoms with E-state index in [1.54, 1.807) is 0 Å². The minimum atomic E-state index is 0. The third kappa shape index (κ3) is 5.73. The monoisotopic (exact) mass is 453 g/mol. The molecular formula is C19H28IN5. The van der Waals surface area contributed by atoms with Crippen molar-refractivity contribution in [2.24, 2.45) is 4.99 Å². The average molecular weight is 453 g/mol. The first-order valence-corrected chi connectivity index (χ1v) is 8.94. The number of aromatic nitrogens is 2. The summed E-state index contributed by atoms with van der Waals surface area (Å²) in [5, 5.41) is 3.41. The van der Waals surface area contributed by atoms with E-state index >= 15 is 0 Å². The number of nitrogens with zero attached hydrogens (tertiary/aromatic N) is 4. The van der Waals surface area contributed by atoms with E-state index < -0.39 is 0 Å². The molecule has 0 aliphatic carbocycles. The first kappa shape index (κ1) is 19.8. The van der Waals surface area contributed by atoms with Crippen molar-refractivity contribution in [3.63, 3.8) is 0 Å². The second-order valence-corrected chi connectivity index (χ2v) is 6.14. The molecule has 1 aromatic heterocycles. The number of likely N-dealkylation sites (tertiary alicyclic amines) is 1. The zero-order chi connectivity index (χ0) is 16.6. The van der Waals surface area contributed by atoms with E-state index in [4.69, 9.17) is 4.99 Å². The van der Waals surface area contributed by atoms with Crippen molar-refractivity contribution in [3.8, 4) is 0 Å². The molecule has 0 bridgehead atoms. The predicted octanol–water partition coefficient (Wildman–Crippen LogP) is 3.15. The van der Waals surface area contributed by atoms with Crippen LogP contribution in [-0.4, -0.2) is 46.6 Å². The summed E-state index contributed by atoms with van der Waals surface area (Å²) in [5.74, 6) is 2.15. The Morgan fingerprint density at radius 1 is 1.20 bits per heavy atom. The lowest BCUT2D eigenvalue weighted by atomic mass is 10.2. The van der Waals surface area contributed by atoms with E-state index in [9.17, 15) is 0 Å². The van der Waals surface area contributed by atoms with Gasteiger partial charge in [0, 0.05) is 51.5 Å². The third-order valence-corrected chi connectivity index (χ3v) is 4.33. The lowest BCUT2D eigenvalue weighted by Crippen LogP contribution is -2.39. The fourth-order valence-electron chi connectivity index (χ4n) is 3.11. The molecule has 0 spiro atoms. The van der Waals surface area contributed by atoms with Gasteiger partial charge in [-0.1, -0.05) is 30.3 Å². The Kier molecular flexibility index (Phi) is 8.24. The summed E-state index contributed by atoms with van der Waals surface area (Å²) in [4.78, 5) is 11.7. The molecule has 0 saturated carbocycles. The number of halogens is 1. The highest BCUT2D eigenvalue weighted by molar-refractivity contribution is 14.0. The summed E-state index contributed by atoms with van der Waals surface area (Å²) in [6.45, 7) is 6.91. The van der Waals surface area contributed by atoms with Crippen molar-refractivity contribution >= 4 is 29.9 Å². The van der Waals surface area contributed by atoms with Gasteiger partial charge in [0.15, 0.2) is 5.96 Å². The number of rotatable bonds is 6. The molecule has 1 saturated heterocycles. The second-order valence-electron chi connectivity index (χ2n) is 6.14. The Morgan fingerprint density at radius 2 is 1.96 bits per heavy atom. The topological polar surface area (TPSA) is 45.5 Å². The summed E-state index contributed by atoms with van der Waals surface area (Å²) >= 11 is 0. The Labute approximate surface area is 167 Å². The van der Waals surface area contributed by atoms with Crippen molar-refractivity contribution in [2.45, 2.75) is 32.7 Å². The largest absolute Gasteiger partial charge is 0.357 e. The quantitative estimate of drug-likeness (QED) is 0.415. The summed E-state index contributed by atoms with van der Waals surface area (Å²) < 4.78 is 2.22. The number of hydrogen-bond donors (Lipinski definition) is 1. The van der Waals surface area contributed by atoms with Gasteiger partial charge >= 0.3 is 0 Å². The first-order valence-electron chi connectivity index (χ1n) is 8.94. The minimum absolute atomic E-state index is 0. The lowest BCUT2D eigenvalue weighted by molar-refractivity contribution is 0.493. The second kappa shape index (κ2) is 10.4. The molecule has 5 nitrogen and oxygen atoms in total. The van der Waals surface area contributed by atoms with Crippen LogP contribution in [0, 0.1) is 0 Å². The lowest BCUT2D eigenvalue weighted by Gasteiger charge is -2.20. The standard InChI is InChI=1S/C19H27N5.HI/c1-2-20-19(23-13-6-7-14-23)22-11-10-18-21-12-15-24(18)16-17-8-4-3-5-9-17;/h3-5,8-9,12,15H,2,6-7,10-11,13-14,16H2,1H3,(H,20,22);1H. The van der Waals surface area contributed by atoms with Gasteiger partial charge in [0.05, 0.1) is 0 Å². The molecule has 2 heterocycles. The maximum atomic E-state index is 4.80. The van der Waals surface area contributed by atoms with E-state index in [1.807, 2.05) is 12.3 Å². The van der Waals surface area contributed by atoms with Crippen LogP contribution in [0.5, 0.6) is 0 Å². The number of hydrogen-bond acceptors (Lipinski definition) is 2. The van der Waals surface area contributed by atoms with Gasteiger partial charge in [0.25, 0.3) is 0 Å². The molecule has 1 fully saturated rings. The zero-order valence-electron chi connectivity index (χ0n) is 14.9. The van der Waals surface area contributed by atoms with E-state index in [-0.39, 0.29) is 24.0 Å². The SMILES string of the molecule is CCNC(=NCCc1nccn1Cc1ccccc1)N1CCCC1.I. The van der Waals surface area contributed by atoms with Crippen molar-refractivity contribution in [1.82, 2.24) is 19.8 Å². The molecule has 0 atom stereocenters. The Hall–Kier alpha value is -1.57. The average Bonchev–Trinajstić information content (AvgIpc) is 3.27. The highest BCUT2D eigenvalue weighted by Crippen LogP contribution is 2.09. The van der Waals surface area contributed by atoms with Crippen LogP contribution in [0.4, 0.5) is 0 Å². The molecule has 1 aliphatic rings. The van der Waals surface area contributed by atoms with E-state index in [1.165, 1.54) is 18.4 Å². The van der Waals surface area contributed by atoms with Crippen molar-refractivity contribution in [3.05, 3.63) is 54.1 Å². The Balaban J connectivity index is 0.00000225. The number of benzene rings is 1. The summed E-state index contributed by atoms with van der Waals surface area (Å²) in [6, 6.07) is 10.5. The van der Waals surface area contributed by atoms with Gasteiger partial charge in [-0.25, -0.2) is 4.98 Å². The minimum Gasteiger partial charge on any atom is -0.357 e. The van der Waals surface area contributed by atoms with Crippen LogP contribution < -0.4 is 5.32 Å². The molecule has 1 aliphatic heterocycles. The Bertz CT molecular complexity index is 647. The van der Waals surface area contributed by atoms with E-state index in [0.29, 0.717) is 0 Å². The van der Waals surface area contributed by atoms with Gasteiger partial charge in [-0.2, -0.15) is 0 Å². The van der Waals surface area contributed by atoms with Gasteiger partial charge in [-0.3, -0.25) is 4.99 Å².